The lowest BCUT2D eigenvalue weighted by Crippen LogP contribution is -2.17. The van der Waals surface area contributed by atoms with Crippen LogP contribution in [0.3, 0.4) is 0 Å². The van der Waals surface area contributed by atoms with Gasteiger partial charge >= 0.3 is 0 Å². The lowest BCUT2D eigenvalue weighted by Gasteiger charge is -2.16. The first-order valence-corrected chi connectivity index (χ1v) is 6.36. The molecule has 0 aromatic heterocycles. The number of hydrogen-bond donors (Lipinski definition) is 2. The minimum absolute atomic E-state index is 0.0140. The Bertz CT molecular complexity index is 515. The largest absolute Gasteiger partial charge is 0.388 e. The van der Waals surface area contributed by atoms with Crippen LogP contribution in [0.4, 0.5) is 4.39 Å². The monoisotopic (exact) mass is 249 g/mol. The summed E-state index contributed by atoms with van der Waals surface area (Å²) in [5.74, 6) is -0.604. The number of amides is 1. The number of nitrogens with one attached hydrogen (secondary N) is 1. The van der Waals surface area contributed by atoms with Crippen molar-refractivity contribution in [2.24, 2.45) is 5.92 Å². The van der Waals surface area contributed by atoms with E-state index >= 15 is 0 Å². The highest BCUT2D eigenvalue weighted by Crippen LogP contribution is 2.37. The molecule has 1 aliphatic heterocycles. The maximum atomic E-state index is 14.1. The Kier molecular flexibility index (Phi) is 2.63. The van der Waals surface area contributed by atoms with Gasteiger partial charge in [-0.2, -0.15) is 0 Å². The van der Waals surface area contributed by atoms with Crippen molar-refractivity contribution in [2.45, 2.75) is 31.8 Å². The first kappa shape index (κ1) is 11.7. The number of hydrogen-bond acceptors (Lipinski definition) is 2. The molecule has 96 valence electrons. The Morgan fingerprint density at radius 3 is 2.83 bits per heavy atom. The molecular weight excluding hydrogens is 233 g/mol. The maximum Gasteiger partial charge on any atom is 0.223 e. The van der Waals surface area contributed by atoms with E-state index in [4.69, 9.17) is 0 Å². The third-order valence-corrected chi connectivity index (χ3v) is 4.22. The van der Waals surface area contributed by atoms with Crippen molar-refractivity contribution in [3.8, 4) is 0 Å². The van der Waals surface area contributed by atoms with E-state index in [1.54, 1.807) is 0 Å². The van der Waals surface area contributed by atoms with Gasteiger partial charge in [-0.15, -0.1) is 0 Å². The van der Waals surface area contributed by atoms with E-state index in [-0.39, 0.29) is 23.6 Å². The molecule has 1 heterocycles. The van der Waals surface area contributed by atoms with Gasteiger partial charge in [-0.1, -0.05) is 13.0 Å². The topological polar surface area (TPSA) is 49.3 Å². The normalized spacial score (nSPS) is 30.4. The number of fused-ring (bicyclic) bond motifs is 1. The molecule has 0 spiro atoms. The molecule has 1 unspecified atom stereocenters. The van der Waals surface area contributed by atoms with Crippen LogP contribution in [0.15, 0.2) is 12.1 Å². The van der Waals surface area contributed by atoms with Crippen LogP contribution in [0.2, 0.25) is 0 Å². The van der Waals surface area contributed by atoms with Crippen LogP contribution in [0, 0.1) is 11.7 Å². The number of carbonyl (C=O) groups is 1. The molecule has 2 aliphatic rings. The molecule has 1 aliphatic carbocycles. The van der Waals surface area contributed by atoms with E-state index in [1.165, 1.54) is 6.07 Å². The zero-order chi connectivity index (χ0) is 12.9. The van der Waals surface area contributed by atoms with Crippen molar-refractivity contribution in [1.82, 2.24) is 5.32 Å². The summed E-state index contributed by atoms with van der Waals surface area (Å²) >= 11 is 0. The Morgan fingerprint density at radius 1 is 1.39 bits per heavy atom. The van der Waals surface area contributed by atoms with E-state index in [1.807, 2.05) is 13.0 Å². The maximum absolute atomic E-state index is 14.1. The molecule has 0 radical (unpaired) electrons. The van der Waals surface area contributed by atoms with E-state index < -0.39 is 6.10 Å². The highest BCUT2D eigenvalue weighted by atomic mass is 19.1. The molecule has 4 heteroatoms. The van der Waals surface area contributed by atoms with E-state index in [9.17, 15) is 14.3 Å². The number of aliphatic hydroxyl groups excluding tert-OH is 1. The molecule has 1 saturated heterocycles. The van der Waals surface area contributed by atoms with Crippen molar-refractivity contribution >= 4 is 5.91 Å². The standard InChI is InChI=1S/C14H16FNO2/c1-7-11(6-16-14(7)18)10-4-8-2-3-13(17)9(8)5-12(10)15/h4-5,7,11,13,17H,2-3,6H2,1H3,(H,16,18)/t7-,11+,13?/m0/s1. The predicted octanol–water partition coefficient (Wildman–Crippen LogP) is 1.65. The summed E-state index contributed by atoms with van der Waals surface area (Å²) in [7, 11) is 0. The Morgan fingerprint density at radius 2 is 2.17 bits per heavy atom. The highest BCUT2D eigenvalue weighted by molar-refractivity contribution is 5.82. The molecule has 1 aromatic carbocycles. The third-order valence-electron chi connectivity index (χ3n) is 4.22. The predicted molar refractivity (Wildman–Crippen MR) is 64.6 cm³/mol. The van der Waals surface area contributed by atoms with Crippen LogP contribution in [-0.2, 0) is 11.2 Å². The zero-order valence-electron chi connectivity index (χ0n) is 10.2. The van der Waals surface area contributed by atoms with Gasteiger partial charge in [0.05, 0.1) is 6.10 Å². The number of benzene rings is 1. The van der Waals surface area contributed by atoms with Gasteiger partial charge in [0.1, 0.15) is 5.82 Å². The average molecular weight is 249 g/mol. The second-order valence-corrected chi connectivity index (χ2v) is 5.27. The van der Waals surface area contributed by atoms with Crippen LogP contribution in [0.25, 0.3) is 0 Å². The van der Waals surface area contributed by atoms with Gasteiger partial charge in [0.15, 0.2) is 0 Å². The second-order valence-electron chi connectivity index (χ2n) is 5.27. The van der Waals surface area contributed by atoms with Gasteiger partial charge in [-0.3, -0.25) is 4.79 Å². The van der Waals surface area contributed by atoms with Crippen molar-refractivity contribution in [3.63, 3.8) is 0 Å². The van der Waals surface area contributed by atoms with Crippen molar-refractivity contribution in [2.75, 3.05) is 6.54 Å². The number of aryl methyl sites for hydroxylation is 1. The molecule has 2 N–H and O–H groups in total. The first-order valence-electron chi connectivity index (χ1n) is 6.36. The lowest BCUT2D eigenvalue weighted by atomic mass is 9.88. The summed E-state index contributed by atoms with van der Waals surface area (Å²) in [4.78, 5) is 11.5. The number of halogens is 1. The Balaban J connectivity index is 2.01. The van der Waals surface area contributed by atoms with Crippen LogP contribution in [-0.4, -0.2) is 17.6 Å². The molecule has 3 nitrogen and oxygen atoms in total. The second kappa shape index (κ2) is 4.05. The number of aliphatic hydroxyl groups is 1. The number of carbonyl (C=O) groups excluding carboxylic acids is 1. The van der Waals surface area contributed by atoms with Gasteiger partial charge < -0.3 is 10.4 Å². The van der Waals surface area contributed by atoms with Crippen molar-refractivity contribution in [3.05, 3.63) is 34.6 Å². The van der Waals surface area contributed by atoms with Crippen LogP contribution in [0.1, 0.15) is 42.1 Å². The summed E-state index contributed by atoms with van der Waals surface area (Å²) in [6.45, 7) is 2.33. The molecule has 3 rings (SSSR count). The summed E-state index contributed by atoms with van der Waals surface area (Å²) in [6, 6.07) is 3.28. The molecule has 0 bridgehead atoms. The van der Waals surface area contributed by atoms with Crippen molar-refractivity contribution in [1.29, 1.82) is 0 Å². The van der Waals surface area contributed by atoms with Gasteiger partial charge in [0.25, 0.3) is 0 Å². The summed E-state index contributed by atoms with van der Waals surface area (Å²) in [5.41, 5.74) is 2.33. The Hall–Kier alpha value is -1.42. The van der Waals surface area contributed by atoms with Gasteiger partial charge in [0.2, 0.25) is 5.91 Å². The van der Waals surface area contributed by atoms with Crippen molar-refractivity contribution < 1.29 is 14.3 Å². The fraction of sp³-hybridized carbons (Fsp3) is 0.500. The zero-order valence-corrected chi connectivity index (χ0v) is 10.2. The quantitative estimate of drug-likeness (QED) is 0.795. The number of rotatable bonds is 1. The van der Waals surface area contributed by atoms with Crippen LogP contribution < -0.4 is 5.32 Å². The smallest absolute Gasteiger partial charge is 0.223 e. The summed E-state index contributed by atoms with van der Waals surface area (Å²) in [5, 5.41) is 12.5. The Labute approximate surface area is 105 Å². The van der Waals surface area contributed by atoms with Gasteiger partial charge in [0, 0.05) is 18.4 Å². The molecule has 1 aromatic rings. The molecule has 0 saturated carbocycles. The van der Waals surface area contributed by atoms with E-state index in [0.29, 0.717) is 24.1 Å². The average Bonchev–Trinajstić information content (AvgIpc) is 2.85. The summed E-state index contributed by atoms with van der Waals surface area (Å²) < 4.78 is 14.1. The van der Waals surface area contributed by atoms with Gasteiger partial charge in [-0.05, 0) is 35.6 Å². The molecule has 18 heavy (non-hydrogen) atoms. The minimum Gasteiger partial charge on any atom is -0.388 e. The lowest BCUT2D eigenvalue weighted by molar-refractivity contribution is -0.122. The first-order chi connectivity index (χ1) is 8.58. The van der Waals surface area contributed by atoms with Gasteiger partial charge in [-0.25, -0.2) is 4.39 Å². The fourth-order valence-electron chi connectivity index (χ4n) is 3.02. The third kappa shape index (κ3) is 1.63. The van der Waals surface area contributed by atoms with E-state index in [2.05, 4.69) is 5.32 Å². The van der Waals surface area contributed by atoms with Crippen LogP contribution >= 0.6 is 0 Å². The van der Waals surface area contributed by atoms with Crippen LogP contribution in [0.5, 0.6) is 0 Å². The molecule has 1 amide bonds. The fourth-order valence-corrected chi connectivity index (χ4v) is 3.02. The molecule has 3 atom stereocenters. The molecular formula is C14H16FNO2. The molecule has 1 fully saturated rings. The summed E-state index contributed by atoms with van der Waals surface area (Å²) in [6.07, 6.45) is 0.909. The SMILES string of the molecule is C[C@@H]1C(=O)NC[C@H]1c1cc2c(cc1F)C(O)CC2. The highest BCUT2D eigenvalue weighted by Gasteiger charge is 2.34. The minimum atomic E-state index is -0.538. The van der Waals surface area contributed by atoms with E-state index in [0.717, 1.165) is 12.0 Å².